The van der Waals surface area contributed by atoms with E-state index in [1.807, 2.05) is 12.1 Å². The van der Waals surface area contributed by atoms with Crippen molar-refractivity contribution in [2.75, 3.05) is 24.5 Å². The number of halogens is 1. The van der Waals surface area contributed by atoms with Gasteiger partial charge in [0.1, 0.15) is 5.75 Å². The highest BCUT2D eigenvalue weighted by Crippen LogP contribution is 2.34. The maximum absolute atomic E-state index is 13.2. The molecule has 1 heterocycles. The Kier molecular flexibility index (Phi) is 6.06. The molecule has 1 aliphatic heterocycles. The molecule has 0 saturated heterocycles. The van der Waals surface area contributed by atoms with Crippen molar-refractivity contribution in [2.24, 2.45) is 0 Å². The minimum atomic E-state index is -4.10. The number of hydrogen-bond acceptors (Lipinski definition) is 6. The summed E-state index contributed by atoms with van der Waals surface area (Å²) in [5, 5.41) is 14.5. The lowest BCUT2D eigenvalue weighted by molar-refractivity contribution is -0.387. The Morgan fingerprint density at radius 2 is 1.96 bits per heavy atom. The van der Waals surface area contributed by atoms with Crippen LogP contribution in [0.15, 0.2) is 47.4 Å². The highest BCUT2D eigenvalue weighted by Gasteiger charge is 2.33. The number of para-hydroxylation sites is 1. The average molecular weight is 400 g/mol. The van der Waals surface area contributed by atoms with Crippen LogP contribution in [0.5, 0.6) is 5.75 Å². The van der Waals surface area contributed by atoms with Crippen LogP contribution in [0.25, 0.3) is 0 Å². The first kappa shape index (κ1) is 20.0. The van der Waals surface area contributed by atoms with Gasteiger partial charge in [0.25, 0.3) is 15.7 Å². The molecular formula is C16H18ClN3O5S. The largest absolute Gasteiger partial charge is 0.497 e. The van der Waals surface area contributed by atoms with Crippen molar-refractivity contribution in [3.63, 3.8) is 0 Å². The predicted molar refractivity (Wildman–Crippen MR) is 99.6 cm³/mol. The molecule has 0 spiro atoms. The van der Waals surface area contributed by atoms with E-state index < -0.39 is 20.6 Å². The number of nitrogens with one attached hydrogen (secondary N) is 1. The van der Waals surface area contributed by atoms with Gasteiger partial charge in [-0.25, -0.2) is 8.42 Å². The summed E-state index contributed by atoms with van der Waals surface area (Å²) >= 11 is 0. The zero-order chi connectivity index (χ0) is 18.0. The lowest BCUT2D eigenvalue weighted by atomic mass is 10.2. The first-order valence-corrected chi connectivity index (χ1v) is 9.03. The topological polar surface area (TPSA) is 102 Å². The monoisotopic (exact) mass is 399 g/mol. The van der Waals surface area contributed by atoms with E-state index in [4.69, 9.17) is 4.74 Å². The van der Waals surface area contributed by atoms with Gasteiger partial charge in [-0.05, 0) is 23.8 Å². The molecular weight excluding hydrogens is 382 g/mol. The third-order valence-corrected chi connectivity index (χ3v) is 5.86. The second-order valence-electron chi connectivity index (χ2n) is 5.47. The Bertz CT molecular complexity index is 920. The molecule has 0 radical (unpaired) electrons. The fraction of sp³-hybridized carbons (Fsp3) is 0.250. The Balaban J connectivity index is 0.00000243. The molecule has 0 aromatic heterocycles. The van der Waals surface area contributed by atoms with Crippen molar-refractivity contribution in [1.82, 2.24) is 5.32 Å². The molecule has 0 saturated carbocycles. The predicted octanol–water partition coefficient (Wildman–Crippen LogP) is 2.32. The van der Waals surface area contributed by atoms with Gasteiger partial charge in [-0.15, -0.1) is 12.4 Å². The standard InChI is InChI=1S/C16H17N3O5S.ClH/c1-24-13-6-7-16(15(10-13)19(20)21)25(22,23)18-9-8-17-11-12-4-2-3-5-14(12)18;/h2-7,10,17H,8-9,11H2,1H3;1H. The van der Waals surface area contributed by atoms with Crippen LogP contribution in [-0.2, 0) is 16.6 Å². The molecule has 3 rings (SSSR count). The molecule has 0 aliphatic carbocycles. The Hall–Kier alpha value is -2.36. The van der Waals surface area contributed by atoms with Crippen molar-refractivity contribution >= 4 is 33.8 Å². The number of ether oxygens (including phenoxy) is 1. The number of nitrogens with zero attached hydrogens (tertiary/aromatic N) is 2. The van der Waals surface area contributed by atoms with Crippen LogP contribution in [0.4, 0.5) is 11.4 Å². The Morgan fingerprint density at radius 1 is 1.23 bits per heavy atom. The number of methoxy groups -OCH3 is 1. The molecule has 0 atom stereocenters. The van der Waals surface area contributed by atoms with Crippen LogP contribution in [0.3, 0.4) is 0 Å². The lowest BCUT2D eigenvalue weighted by Gasteiger charge is -2.24. The van der Waals surface area contributed by atoms with Crippen LogP contribution < -0.4 is 14.4 Å². The summed E-state index contributed by atoms with van der Waals surface area (Å²) in [5.41, 5.74) is 0.839. The average Bonchev–Trinajstić information content (AvgIpc) is 2.84. The van der Waals surface area contributed by atoms with E-state index in [-0.39, 0.29) is 29.6 Å². The number of fused-ring (bicyclic) bond motifs is 1. The maximum atomic E-state index is 13.2. The SMILES string of the molecule is COc1ccc(S(=O)(=O)N2CCNCc3ccccc32)c([N+](=O)[O-])c1.Cl. The van der Waals surface area contributed by atoms with Gasteiger partial charge in [-0.3, -0.25) is 14.4 Å². The molecule has 140 valence electrons. The second-order valence-corrected chi connectivity index (χ2v) is 7.30. The highest BCUT2D eigenvalue weighted by molar-refractivity contribution is 7.93. The third-order valence-electron chi connectivity index (χ3n) is 4.00. The summed E-state index contributed by atoms with van der Waals surface area (Å²) in [6.45, 7) is 1.16. The van der Waals surface area contributed by atoms with Gasteiger partial charge in [-0.2, -0.15) is 0 Å². The van der Waals surface area contributed by atoms with Gasteiger partial charge in [0.05, 0.1) is 23.8 Å². The molecule has 0 fully saturated rings. The summed E-state index contributed by atoms with van der Waals surface area (Å²) in [5.74, 6) is 0.226. The number of nitro groups is 1. The summed E-state index contributed by atoms with van der Waals surface area (Å²) in [4.78, 5) is 10.3. The summed E-state index contributed by atoms with van der Waals surface area (Å²) in [7, 11) is -2.74. The van der Waals surface area contributed by atoms with Crippen LogP contribution >= 0.6 is 12.4 Å². The van der Waals surface area contributed by atoms with Crippen molar-refractivity contribution in [1.29, 1.82) is 0 Å². The van der Waals surface area contributed by atoms with Crippen molar-refractivity contribution < 1.29 is 18.1 Å². The van der Waals surface area contributed by atoms with Crippen molar-refractivity contribution in [3.05, 3.63) is 58.1 Å². The van der Waals surface area contributed by atoms with E-state index in [1.165, 1.54) is 23.5 Å². The molecule has 1 aliphatic rings. The first-order valence-electron chi connectivity index (χ1n) is 7.59. The van der Waals surface area contributed by atoms with E-state index in [0.29, 0.717) is 18.8 Å². The van der Waals surface area contributed by atoms with Crippen LogP contribution in [-0.4, -0.2) is 33.5 Å². The number of sulfonamides is 1. The van der Waals surface area contributed by atoms with E-state index in [9.17, 15) is 18.5 Å². The highest BCUT2D eigenvalue weighted by atomic mass is 35.5. The number of benzene rings is 2. The lowest BCUT2D eigenvalue weighted by Crippen LogP contribution is -2.35. The minimum Gasteiger partial charge on any atom is -0.497 e. The second kappa shape index (κ2) is 7.90. The van der Waals surface area contributed by atoms with Gasteiger partial charge in [0.2, 0.25) is 0 Å². The zero-order valence-electron chi connectivity index (χ0n) is 13.9. The van der Waals surface area contributed by atoms with Crippen LogP contribution in [0, 0.1) is 10.1 Å². The molecule has 2 aromatic rings. The van der Waals surface area contributed by atoms with Crippen molar-refractivity contribution in [3.8, 4) is 5.75 Å². The normalized spacial score (nSPS) is 14.0. The van der Waals surface area contributed by atoms with E-state index in [1.54, 1.807) is 12.1 Å². The van der Waals surface area contributed by atoms with Crippen LogP contribution in [0.1, 0.15) is 5.56 Å². The minimum absolute atomic E-state index is 0. The molecule has 0 amide bonds. The summed E-state index contributed by atoms with van der Waals surface area (Å²) in [6.07, 6.45) is 0. The van der Waals surface area contributed by atoms with Gasteiger partial charge < -0.3 is 10.1 Å². The van der Waals surface area contributed by atoms with E-state index in [2.05, 4.69) is 5.32 Å². The molecule has 26 heavy (non-hydrogen) atoms. The first-order chi connectivity index (χ1) is 11.9. The molecule has 8 nitrogen and oxygen atoms in total. The molecule has 10 heteroatoms. The number of rotatable bonds is 4. The summed E-state index contributed by atoms with van der Waals surface area (Å²) < 4.78 is 32.6. The van der Waals surface area contributed by atoms with Gasteiger partial charge in [-0.1, -0.05) is 18.2 Å². The smallest absolute Gasteiger partial charge is 0.293 e. The third kappa shape index (κ3) is 3.59. The molecule has 0 bridgehead atoms. The fourth-order valence-corrected chi connectivity index (χ4v) is 4.42. The number of hydrogen-bond donors (Lipinski definition) is 1. The molecule has 1 N–H and O–H groups in total. The van der Waals surface area contributed by atoms with Gasteiger partial charge in [0, 0.05) is 19.6 Å². The van der Waals surface area contributed by atoms with Crippen molar-refractivity contribution in [2.45, 2.75) is 11.4 Å². The quantitative estimate of drug-likeness (QED) is 0.625. The summed E-state index contributed by atoms with van der Waals surface area (Å²) in [6, 6.07) is 10.8. The number of nitro benzene ring substituents is 1. The van der Waals surface area contributed by atoms with E-state index in [0.717, 1.165) is 11.6 Å². The Labute approximate surface area is 157 Å². The fourth-order valence-electron chi connectivity index (χ4n) is 2.78. The molecule has 0 unspecified atom stereocenters. The van der Waals surface area contributed by atoms with Gasteiger partial charge >= 0.3 is 0 Å². The van der Waals surface area contributed by atoms with Crippen LogP contribution in [0.2, 0.25) is 0 Å². The molecule has 2 aromatic carbocycles. The van der Waals surface area contributed by atoms with Gasteiger partial charge in [0.15, 0.2) is 4.90 Å². The Morgan fingerprint density at radius 3 is 2.65 bits per heavy atom. The zero-order valence-corrected chi connectivity index (χ0v) is 15.5. The van der Waals surface area contributed by atoms with E-state index >= 15 is 0 Å². The number of anilines is 1. The maximum Gasteiger partial charge on any atom is 0.293 e.